The normalized spacial score (nSPS) is 13.1. The van der Waals surface area contributed by atoms with Gasteiger partial charge in [-0.3, -0.25) is 4.98 Å². The number of allylic oxidation sites excluding steroid dienone is 1. The van der Waals surface area contributed by atoms with E-state index in [9.17, 15) is 13.2 Å². The van der Waals surface area contributed by atoms with E-state index in [0.29, 0.717) is 15.3 Å². The SMILES string of the molecule is CCC1=C(Cl)c2c(Cl)nc(Sc3cccnc3)nc2C1.O=C(O)C(F)(F)F. The molecule has 11 heteroatoms. The summed E-state index contributed by atoms with van der Waals surface area (Å²) < 4.78 is 31.7. The number of carboxylic acid groups (broad SMARTS) is 1. The Morgan fingerprint density at radius 1 is 1.33 bits per heavy atom. The second-order valence-electron chi connectivity index (χ2n) is 5.16. The van der Waals surface area contributed by atoms with Gasteiger partial charge >= 0.3 is 12.1 Å². The van der Waals surface area contributed by atoms with Crippen molar-refractivity contribution in [2.24, 2.45) is 0 Å². The van der Waals surface area contributed by atoms with Crippen LogP contribution in [0.5, 0.6) is 0 Å². The summed E-state index contributed by atoms with van der Waals surface area (Å²) >= 11 is 14.0. The van der Waals surface area contributed by atoms with Crippen molar-refractivity contribution in [1.82, 2.24) is 15.0 Å². The zero-order chi connectivity index (χ0) is 20.2. The zero-order valence-electron chi connectivity index (χ0n) is 13.7. The fourth-order valence-electron chi connectivity index (χ4n) is 2.10. The van der Waals surface area contributed by atoms with E-state index in [-0.39, 0.29) is 0 Å². The molecule has 0 saturated heterocycles. The van der Waals surface area contributed by atoms with Crippen LogP contribution in [-0.2, 0) is 11.2 Å². The third kappa shape index (κ3) is 5.57. The average Bonchev–Trinajstić information content (AvgIpc) is 2.91. The molecule has 0 bridgehead atoms. The molecule has 0 aliphatic heterocycles. The first-order valence-electron chi connectivity index (χ1n) is 7.45. The maximum Gasteiger partial charge on any atom is 0.490 e. The van der Waals surface area contributed by atoms with E-state index < -0.39 is 12.1 Å². The molecule has 144 valence electrons. The number of fused-ring (bicyclic) bond motifs is 1. The fraction of sp³-hybridized carbons (Fsp3) is 0.250. The molecule has 27 heavy (non-hydrogen) atoms. The van der Waals surface area contributed by atoms with E-state index in [2.05, 4.69) is 21.9 Å². The van der Waals surface area contributed by atoms with Crippen LogP contribution in [0.2, 0.25) is 5.15 Å². The summed E-state index contributed by atoms with van der Waals surface area (Å²) in [7, 11) is 0. The number of halogens is 5. The number of hydrogen-bond acceptors (Lipinski definition) is 5. The van der Waals surface area contributed by atoms with Gasteiger partial charge in [0, 0.05) is 23.7 Å². The summed E-state index contributed by atoms with van der Waals surface area (Å²) in [6.07, 6.45) is 0.0831. The number of aliphatic carboxylic acids is 1. The van der Waals surface area contributed by atoms with Gasteiger partial charge in [-0.2, -0.15) is 13.2 Å². The molecule has 0 radical (unpaired) electrons. The largest absolute Gasteiger partial charge is 0.490 e. The van der Waals surface area contributed by atoms with Gasteiger partial charge in [-0.1, -0.05) is 30.1 Å². The maximum absolute atomic E-state index is 10.6. The predicted octanol–water partition coefficient (Wildman–Crippen LogP) is 5.23. The summed E-state index contributed by atoms with van der Waals surface area (Å²) in [4.78, 5) is 22.9. The van der Waals surface area contributed by atoms with Crippen LogP contribution < -0.4 is 0 Å². The number of carbonyl (C=O) groups is 1. The number of rotatable bonds is 3. The van der Waals surface area contributed by atoms with Crippen LogP contribution in [0.25, 0.3) is 5.03 Å². The van der Waals surface area contributed by atoms with E-state index in [1.54, 1.807) is 12.4 Å². The highest BCUT2D eigenvalue weighted by Gasteiger charge is 2.38. The molecule has 0 aromatic carbocycles. The Morgan fingerprint density at radius 3 is 2.52 bits per heavy atom. The van der Waals surface area contributed by atoms with Gasteiger partial charge in [0.25, 0.3) is 0 Å². The standard InChI is InChI=1S/C14H11Cl2N3S.C2HF3O2/c1-2-8-6-10-11(12(8)15)13(16)19-14(18-10)20-9-4-3-5-17-7-9;3-2(4,5)1(6)7/h3-5,7H,2,6H2,1H3;(H,6,7). The van der Waals surface area contributed by atoms with Gasteiger partial charge in [-0.05, 0) is 35.9 Å². The quantitative estimate of drug-likeness (QED) is 0.523. The first-order valence-corrected chi connectivity index (χ1v) is 9.03. The Bertz CT molecular complexity index is 877. The lowest BCUT2D eigenvalue weighted by atomic mass is 10.2. The third-order valence-corrected chi connectivity index (χ3v) is 4.91. The van der Waals surface area contributed by atoms with Gasteiger partial charge < -0.3 is 5.11 Å². The number of nitrogens with zero attached hydrogens (tertiary/aromatic N) is 3. The molecule has 2 aromatic heterocycles. The van der Waals surface area contributed by atoms with Crippen LogP contribution in [0.15, 0.2) is 40.2 Å². The van der Waals surface area contributed by atoms with E-state index in [1.165, 1.54) is 17.3 Å². The lowest BCUT2D eigenvalue weighted by molar-refractivity contribution is -0.192. The molecule has 1 aliphatic rings. The van der Waals surface area contributed by atoms with Crippen molar-refractivity contribution in [1.29, 1.82) is 0 Å². The Morgan fingerprint density at radius 2 is 2.00 bits per heavy atom. The molecule has 0 unspecified atom stereocenters. The second-order valence-corrected chi connectivity index (χ2v) is 6.94. The lowest BCUT2D eigenvalue weighted by Crippen LogP contribution is -2.21. The van der Waals surface area contributed by atoms with Gasteiger partial charge in [0.05, 0.1) is 16.3 Å². The van der Waals surface area contributed by atoms with Crippen LogP contribution >= 0.6 is 35.0 Å². The number of carboxylic acids is 1. The van der Waals surface area contributed by atoms with Crippen LogP contribution in [0.1, 0.15) is 24.6 Å². The van der Waals surface area contributed by atoms with E-state index in [1.807, 2.05) is 12.1 Å². The molecular formula is C16H12Cl2F3N3O2S. The lowest BCUT2D eigenvalue weighted by Gasteiger charge is -2.05. The number of aromatic nitrogens is 3. The van der Waals surface area contributed by atoms with Gasteiger partial charge in [0.15, 0.2) is 5.16 Å². The molecule has 0 fully saturated rings. The van der Waals surface area contributed by atoms with Crippen molar-refractivity contribution in [3.05, 3.63) is 46.5 Å². The van der Waals surface area contributed by atoms with Crippen molar-refractivity contribution in [2.75, 3.05) is 0 Å². The summed E-state index contributed by atoms with van der Waals surface area (Å²) in [5, 5.41) is 8.89. The minimum absolute atomic E-state index is 0.426. The van der Waals surface area contributed by atoms with Gasteiger partial charge in [-0.25, -0.2) is 14.8 Å². The zero-order valence-corrected chi connectivity index (χ0v) is 16.0. The van der Waals surface area contributed by atoms with E-state index in [4.69, 9.17) is 33.1 Å². The molecule has 1 N–H and O–H groups in total. The summed E-state index contributed by atoms with van der Waals surface area (Å²) in [6, 6.07) is 3.84. The van der Waals surface area contributed by atoms with Crippen LogP contribution in [-0.4, -0.2) is 32.2 Å². The van der Waals surface area contributed by atoms with Crippen molar-refractivity contribution in [2.45, 2.75) is 36.0 Å². The van der Waals surface area contributed by atoms with Crippen molar-refractivity contribution < 1.29 is 23.1 Å². The fourth-order valence-corrected chi connectivity index (χ4v) is 3.64. The van der Waals surface area contributed by atoms with Crippen molar-refractivity contribution >= 4 is 46.0 Å². The minimum atomic E-state index is -5.08. The van der Waals surface area contributed by atoms with Crippen LogP contribution in [0, 0.1) is 0 Å². The first-order chi connectivity index (χ1) is 12.6. The van der Waals surface area contributed by atoms with Crippen LogP contribution in [0.3, 0.4) is 0 Å². The topological polar surface area (TPSA) is 76.0 Å². The van der Waals surface area contributed by atoms with Crippen LogP contribution in [0.4, 0.5) is 13.2 Å². The van der Waals surface area contributed by atoms with Gasteiger partial charge in [-0.15, -0.1) is 0 Å². The van der Waals surface area contributed by atoms with Gasteiger partial charge in [0.1, 0.15) is 5.15 Å². The summed E-state index contributed by atoms with van der Waals surface area (Å²) in [5.41, 5.74) is 2.88. The van der Waals surface area contributed by atoms with E-state index >= 15 is 0 Å². The molecule has 0 amide bonds. The second kappa shape index (κ2) is 8.90. The highest BCUT2D eigenvalue weighted by Crippen LogP contribution is 2.40. The summed E-state index contributed by atoms with van der Waals surface area (Å²) in [6.45, 7) is 2.08. The average molecular weight is 438 g/mol. The molecule has 1 aliphatic carbocycles. The third-order valence-electron chi connectivity index (χ3n) is 3.34. The molecule has 2 heterocycles. The monoisotopic (exact) mass is 437 g/mol. The highest BCUT2D eigenvalue weighted by molar-refractivity contribution is 7.99. The number of alkyl halides is 3. The molecule has 3 rings (SSSR count). The molecule has 0 spiro atoms. The maximum atomic E-state index is 10.6. The van der Waals surface area contributed by atoms with Gasteiger partial charge in [0.2, 0.25) is 0 Å². The Hall–Kier alpha value is -1.84. The smallest absolute Gasteiger partial charge is 0.475 e. The Kier molecular flexibility index (Phi) is 7.07. The molecule has 5 nitrogen and oxygen atoms in total. The highest BCUT2D eigenvalue weighted by atomic mass is 35.5. The molecule has 0 saturated carbocycles. The number of pyridine rings is 1. The Balaban J connectivity index is 0.000000321. The van der Waals surface area contributed by atoms with Crippen molar-refractivity contribution in [3.8, 4) is 0 Å². The van der Waals surface area contributed by atoms with E-state index in [0.717, 1.165) is 29.0 Å². The van der Waals surface area contributed by atoms with Crippen molar-refractivity contribution in [3.63, 3.8) is 0 Å². The number of hydrogen-bond donors (Lipinski definition) is 1. The minimum Gasteiger partial charge on any atom is -0.475 e. The molecule has 2 aromatic rings. The molecular weight excluding hydrogens is 426 g/mol. The first kappa shape index (κ1) is 21.5. The Labute approximate surface area is 166 Å². The predicted molar refractivity (Wildman–Crippen MR) is 95.9 cm³/mol. The molecule has 0 atom stereocenters. The summed E-state index contributed by atoms with van der Waals surface area (Å²) in [5.74, 6) is -2.76.